The van der Waals surface area contributed by atoms with E-state index in [2.05, 4.69) is 9.71 Å². The minimum atomic E-state index is -3.93. The molecular weight excluding hydrogens is 542 g/mol. The van der Waals surface area contributed by atoms with E-state index in [-0.39, 0.29) is 11.4 Å². The number of rotatable bonds is 10. The lowest BCUT2D eigenvalue weighted by Crippen LogP contribution is -2.52. The van der Waals surface area contributed by atoms with Gasteiger partial charge < -0.3 is 9.47 Å². The summed E-state index contributed by atoms with van der Waals surface area (Å²) in [7, 11) is -5.87. The Balaban J connectivity index is 1.39. The highest BCUT2D eigenvalue weighted by atomic mass is 32.2. The van der Waals surface area contributed by atoms with Crippen LogP contribution < -0.4 is 9.46 Å². The van der Waals surface area contributed by atoms with Crippen LogP contribution >= 0.6 is 0 Å². The van der Waals surface area contributed by atoms with Crippen LogP contribution in [0.15, 0.2) is 59.5 Å². The number of carbonyl (C=O) groups is 1. The number of piperidine rings is 1. The molecule has 1 aliphatic heterocycles. The Bertz CT molecular complexity index is 1530. The summed E-state index contributed by atoms with van der Waals surface area (Å²) < 4.78 is 63.0. The number of aromatic nitrogens is 1. The van der Waals surface area contributed by atoms with Crippen LogP contribution in [0.2, 0.25) is 0 Å². The van der Waals surface area contributed by atoms with E-state index in [0.717, 1.165) is 22.2 Å². The van der Waals surface area contributed by atoms with Crippen molar-refractivity contribution >= 4 is 36.7 Å². The molecule has 0 saturated carbocycles. The van der Waals surface area contributed by atoms with Crippen molar-refractivity contribution in [1.82, 2.24) is 14.6 Å². The van der Waals surface area contributed by atoms with Crippen LogP contribution in [0, 0.1) is 6.92 Å². The molecule has 2 aromatic carbocycles. The zero-order chi connectivity index (χ0) is 28.2. The lowest BCUT2D eigenvalue weighted by Gasteiger charge is -2.35. The van der Waals surface area contributed by atoms with Gasteiger partial charge >= 0.3 is 5.97 Å². The number of benzene rings is 2. The first-order valence-corrected chi connectivity index (χ1v) is 16.0. The quantitative estimate of drug-likeness (QED) is 0.362. The van der Waals surface area contributed by atoms with Crippen LogP contribution in [0.5, 0.6) is 5.75 Å². The van der Waals surface area contributed by atoms with Crippen molar-refractivity contribution in [2.24, 2.45) is 0 Å². The number of fused-ring (bicyclic) bond motifs is 1. The third-order valence-corrected chi connectivity index (χ3v) is 10.0. The molecule has 0 radical (unpaired) electrons. The van der Waals surface area contributed by atoms with Crippen molar-refractivity contribution in [3.63, 3.8) is 0 Å². The van der Waals surface area contributed by atoms with E-state index in [1.165, 1.54) is 25.5 Å². The van der Waals surface area contributed by atoms with Crippen LogP contribution in [-0.4, -0.2) is 77.0 Å². The van der Waals surface area contributed by atoms with Gasteiger partial charge in [-0.25, -0.2) is 21.6 Å². The Kier molecular flexibility index (Phi) is 8.90. The van der Waals surface area contributed by atoms with Gasteiger partial charge in [0, 0.05) is 42.5 Å². The third kappa shape index (κ3) is 7.13. The first-order chi connectivity index (χ1) is 18.5. The molecule has 12 heteroatoms. The Morgan fingerprint density at radius 3 is 2.38 bits per heavy atom. The number of methoxy groups -OCH3 is 1. The summed E-state index contributed by atoms with van der Waals surface area (Å²) in [5, 5.41) is 0.526. The maximum Gasteiger partial charge on any atom is 0.324 e. The van der Waals surface area contributed by atoms with Gasteiger partial charge in [-0.1, -0.05) is 18.2 Å². The van der Waals surface area contributed by atoms with Gasteiger partial charge in [-0.05, 0) is 56.2 Å². The predicted octanol–water partition coefficient (Wildman–Crippen LogP) is 2.45. The van der Waals surface area contributed by atoms with E-state index in [4.69, 9.17) is 9.47 Å². The molecular formula is C27H33N3O7S2. The van der Waals surface area contributed by atoms with Gasteiger partial charge in [-0.2, -0.15) is 0 Å². The fourth-order valence-electron chi connectivity index (χ4n) is 4.78. The Hall–Kier alpha value is -3.06. The second-order valence-electron chi connectivity index (χ2n) is 9.66. The maximum absolute atomic E-state index is 13.0. The van der Waals surface area contributed by atoms with Gasteiger partial charge in [-0.15, -0.1) is 0 Å². The summed E-state index contributed by atoms with van der Waals surface area (Å²) in [5.41, 5.74) is 2.74. The molecule has 1 aromatic heterocycles. The van der Waals surface area contributed by atoms with Crippen molar-refractivity contribution < 1.29 is 31.1 Å². The molecule has 1 fully saturated rings. The monoisotopic (exact) mass is 575 g/mol. The number of aryl methyl sites for hydroxylation is 1. The van der Waals surface area contributed by atoms with Crippen molar-refractivity contribution in [1.29, 1.82) is 0 Å². The molecule has 0 amide bonds. The van der Waals surface area contributed by atoms with E-state index in [9.17, 15) is 21.6 Å². The number of likely N-dealkylation sites (tertiary alicyclic amines) is 1. The average molecular weight is 576 g/mol. The smallest absolute Gasteiger partial charge is 0.324 e. The summed E-state index contributed by atoms with van der Waals surface area (Å²) in [6, 6.07) is 14.9. The number of para-hydroxylation sites is 1. The Morgan fingerprint density at radius 2 is 1.74 bits per heavy atom. The lowest BCUT2D eigenvalue weighted by atomic mass is 10.1. The van der Waals surface area contributed by atoms with Crippen molar-refractivity contribution in [2.45, 2.75) is 42.6 Å². The third-order valence-electron chi connectivity index (χ3n) is 6.92. The molecule has 1 atom stereocenters. The van der Waals surface area contributed by atoms with Crippen LogP contribution in [-0.2, 0) is 36.0 Å². The van der Waals surface area contributed by atoms with Crippen LogP contribution in [0.25, 0.3) is 10.9 Å². The molecule has 1 N–H and O–H groups in total. The number of ether oxygens (including phenoxy) is 2. The SMILES string of the molecule is COC(=O)C(CNS(=O)(=O)c1ccc(OCc2cc(C)nc3ccccc23)cc1)N1CCC(S(C)(=O)=O)CC1. The second-order valence-corrected chi connectivity index (χ2v) is 13.7. The minimum Gasteiger partial charge on any atom is -0.489 e. The molecule has 0 aliphatic carbocycles. The van der Waals surface area contributed by atoms with Crippen LogP contribution in [0.4, 0.5) is 0 Å². The van der Waals surface area contributed by atoms with E-state index in [0.29, 0.717) is 38.3 Å². The number of sulfonamides is 1. The van der Waals surface area contributed by atoms with E-state index < -0.39 is 37.1 Å². The number of pyridine rings is 1. The van der Waals surface area contributed by atoms with Crippen molar-refractivity contribution in [2.75, 3.05) is 33.0 Å². The molecule has 1 saturated heterocycles. The van der Waals surface area contributed by atoms with E-state index in [1.54, 1.807) is 17.0 Å². The lowest BCUT2D eigenvalue weighted by molar-refractivity contribution is -0.147. The number of carbonyl (C=O) groups excluding carboxylic acids is 1. The summed E-state index contributed by atoms with van der Waals surface area (Å²) in [6.07, 6.45) is 1.95. The molecule has 1 unspecified atom stereocenters. The van der Waals surface area contributed by atoms with E-state index in [1.807, 2.05) is 37.3 Å². The largest absolute Gasteiger partial charge is 0.489 e. The Labute approximate surface area is 229 Å². The standard InChI is InChI=1S/C27H33N3O7S2/c1-19-16-20(24-6-4-5-7-25(24)29-19)18-37-21-8-10-23(11-9-21)39(34,35)28-17-26(27(31)36-2)30-14-12-22(13-15-30)38(3,32)33/h4-11,16,22,26,28H,12-15,17-18H2,1-3H3. The summed E-state index contributed by atoms with van der Waals surface area (Å²) in [4.78, 5) is 18.8. The van der Waals surface area contributed by atoms with E-state index >= 15 is 0 Å². The zero-order valence-electron chi connectivity index (χ0n) is 22.2. The summed E-state index contributed by atoms with van der Waals surface area (Å²) >= 11 is 0. The van der Waals surface area contributed by atoms with Gasteiger partial charge in [0.25, 0.3) is 0 Å². The number of esters is 1. The van der Waals surface area contributed by atoms with Gasteiger partial charge in [0.15, 0.2) is 0 Å². The fourth-order valence-corrected chi connectivity index (χ4v) is 6.88. The van der Waals surface area contributed by atoms with Gasteiger partial charge in [0.1, 0.15) is 28.2 Å². The minimum absolute atomic E-state index is 0.0273. The number of nitrogens with one attached hydrogen (secondary N) is 1. The summed E-state index contributed by atoms with van der Waals surface area (Å²) in [5.74, 6) is -0.0770. The molecule has 10 nitrogen and oxygen atoms in total. The molecule has 0 spiro atoms. The highest BCUT2D eigenvalue weighted by molar-refractivity contribution is 7.91. The Morgan fingerprint density at radius 1 is 1.08 bits per heavy atom. The molecule has 210 valence electrons. The first-order valence-electron chi connectivity index (χ1n) is 12.6. The molecule has 0 bridgehead atoms. The van der Waals surface area contributed by atoms with Crippen molar-refractivity contribution in [3.05, 3.63) is 65.9 Å². The normalized spacial score (nSPS) is 16.2. The zero-order valence-corrected chi connectivity index (χ0v) is 23.8. The number of sulfone groups is 1. The predicted molar refractivity (Wildman–Crippen MR) is 148 cm³/mol. The number of hydrogen-bond donors (Lipinski definition) is 1. The van der Waals surface area contributed by atoms with Crippen LogP contribution in [0.3, 0.4) is 0 Å². The second kappa shape index (κ2) is 12.0. The fraction of sp³-hybridized carbons (Fsp3) is 0.407. The average Bonchev–Trinajstić information content (AvgIpc) is 2.91. The highest BCUT2D eigenvalue weighted by Crippen LogP contribution is 2.23. The van der Waals surface area contributed by atoms with Crippen LogP contribution in [0.1, 0.15) is 24.1 Å². The first kappa shape index (κ1) is 28.9. The maximum atomic E-state index is 13.0. The number of nitrogens with zero attached hydrogens (tertiary/aromatic N) is 2. The molecule has 2 heterocycles. The van der Waals surface area contributed by atoms with Gasteiger partial charge in [0.2, 0.25) is 10.0 Å². The number of hydrogen-bond acceptors (Lipinski definition) is 9. The molecule has 39 heavy (non-hydrogen) atoms. The van der Waals surface area contributed by atoms with Gasteiger partial charge in [-0.3, -0.25) is 14.7 Å². The highest BCUT2D eigenvalue weighted by Gasteiger charge is 2.34. The van der Waals surface area contributed by atoms with Gasteiger partial charge in [0.05, 0.1) is 22.8 Å². The molecule has 3 aromatic rings. The molecule has 4 rings (SSSR count). The summed E-state index contributed by atoms with van der Waals surface area (Å²) in [6.45, 7) is 2.70. The molecule has 1 aliphatic rings. The topological polar surface area (TPSA) is 132 Å². The van der Waals surface area contributed by atoms with Crippen molar-refractivity contribution in [3.8, 4) is 5.75 Å².